The molecule has 1 heterocycles. The van der Waals surface area contributed by atoms with Gasteiger partial charge in [-0.25, -0.2) is 0 Å². The highest BCUT2D eigenvalue weighted by molar-refractivity contribution is 5.31. The Labute approximate surface area is 122 Å². The van der Waals surface area contributed by atoms with Crippen molar-refractivity contribution in [2.45, 2.75) is 45.8 Å². The van der Waals surface area contributed by atoms with Gasteiger partial charge in [0.2, 0.25) is 0 Å². The largest absolute Gasteiger partial charge is 0.291 e. The van der Waals surface area contributed by atoms with Gasteiger partial charge >= 0.3 is 0 Å². The summed E-state index contributed by atoms with van der Waals surface area (Å²) in [5.41, 5.74) is 6.02. The second kappa shape index (κ2) is 5.06. The maximum atomic E-state index is 2.51. The standard InChI is InChI=1S/C19H23N/c1-19(2,3)18-10-8-15(9-11-18)12-20-13-16-6-4-5-7-17(16)14-20/h4-11H,12-14H2,1-3H3. The lowest BCUT2D eigenvalue weighted by Gasteiger charge is -2.20. The SMILES string of the molecule is CC(C)(C)c1ccc(CN2Cc3ccccc3C2)cc1. The zero-order chi connectivity index (χ0) is 14.2. The minimum absolute atomic E-state index is 0.239. The summed E-state index contributed by atoms with van der Waals surface area (Å²) >= 11 is 0. The summed E-state index contributed by atoms with van der Waals surface area (Å²) in [5, 5.41) is 0. The average molecular weight is 265 g/mol. The first-order valence-corrected chi connectivity index (χ1v) is 7.41. The monoisotopic (exact) mass is 265 g/mol. The molecule has 0 fully saturated rings. The molecule has 0 aliphatic carbocycles. The van der Waals surface area contributed by atoms with E-state index in [1.165, 1.54) is 22.3 Å². The summed E-state index contributed by atoms with van der Waals surface area (Å²) < 4.78 is 0. The topological polar surface area (TPSA) is 3.24 Å². The molecular formula is C19H23N. The second-order valence-electron chi connectivity index (χ2n) is 6.86. The molecule has 1 aliphatic rings. The first-order chi connectivity index (χ1) is 9.52. The highest BCUT2D eigenvalue weighted by atomic mass is 15.1. The van der Waals surface area contributed by atoms with Gasteiger partial charge in [0.1, 0.15) is 0 Å². The van der Waals surface area contributed by atoms with E-state index < -0.39 is 0 Å². The Balaban J connectivity index is 1.68. The fourth-order valence-corrected chi connectivity index (χ4v) is 2.88. The maximum absolute atomic E-state index is 2.51. The van der Waals surface area contributed by atoms with E-state index >= 15 is 0 Å². The van der Waals surface area contributed by atoms with Crippen LogP contribution in [0.25, 0.3) is 0 Å². The van der Waals surface area contributed by atoms with E-state index in [1.54, 1.807) is 0 Å². The lowest BCUT2D eigenvalue weighted by Crippen LogP contribution is -2.16. The van der Waals surface area contributed by atoms with Gasteiger partial charge < -0.3 is 0 Å². The number of benzene rings is 2. The van der Waals surface area contributed by atoms with E-state index in [2.05, 4.69) is 74.2 Å². The summed E-state index contributed by atoms with van der Waals surface area (Å²) in [4.78, 5) is 2.51. The second-order valence-corrected chi connectivity index (χ2v) is 6.86. The fourth-order valence-electron chi connectivity index (χ4n) is 2.88. The molecule has 0 amide bonds. The van der Waals surface area contributed by atoms with Gasteiger partial charge in [-0.1, -0.05) is 69.3 Å². The average Bonchev–Trinajstić information content (AvgIpc) is 2.80. The van der Waals surface area contributed by atoms with Crippen molar-refractivity contribution in [1.82, 2.24) is 4.90 Å². The minimum atomic E-state index is 0.239. The van der Waals surface area contributed by atoms with E-state index in [0.29, 0.717) is 0 Å². The molecule has 20 heavy (non-hydrogen) atoms. The Bertz CT molecular complexity index is 565. The highest BCUT2D eigenvalue weighted by Crippen LogP contribution is 2.25. The molecule has 1 aliphatic heterocycles. The predicted molar refractivity (Wildman–Crippen MR) is 84.5 cm³/mol. The van der Waals surface area contributed by atoms with Crippen LogP contribution in [0.5, 0.6) is 0 Å². The number of hydrogen-bond donors (Lipinski definition) is 0. The van der Waals surface area contributed by atoms with E-state index in [0.717, 1.165) is 19.6 Å². The van der Waals surface area contributed by atoms with Gasteiger partial charge in [0.25, 0.3) is 0 Å². The summed E-state index contributed by atoms with van der Waals surface area (Å²) in [7, 11) is 0. The number of nitrogens with zero attached hydrogens (tertiary/aromatic N) is 1. The molecule has 1 heteroatoms. The van der Waals surface area contributed by atoms with Crippen LogP contribution in [0.15, 0.2) is 48.5 Å². The molecule has 0 unspecified atom stereocenters. The summed E-state index contributed by atoms with van der Waals surface area (Å²) in [6, 6.07) is 17.9. The van der Waals surface area contributed by atoms with E-state index in [4.69, 9.17) is 0 Å². The van der Waals surface area contributed by atoms with Crippen molar-refractivity contribution >= 4 is 0 Å². The van der Waals surface area contributed by atoms with Gasteiger partial charge in [-0.15, -0.1) is 0 Å². The van der Waals surface area contributed by atoms with Crippen LogP contribution in [0.1, 0.15) is 43.0 Å². The van der Waals surface area contributed by atoms with E-state index in [1.807, 2.05) is 0 Å². The lowest BCUT2D eigenvalue weighted by molar-refractivity contribution is 0.275. The van der Waals surface area contributed by atoms with Crippen LogP contribution in [0.4, 0.5) is 0 Å². The number of hydrogen-bond acceptors (Lipinski definition) is 1. The molecule has 0 saturated carbocycles. The molecular weight excluding hydrogens is 242 g/mol. The van der Waals surface area contributed by atoms with Crippen LogP contribution >= 0.6 is 0 Å². The van der Waals surface area contributed by atoms with Gasteiger partial charge in [-0.2, -0.15) is 0 Å². The van der Waals surface area contributed by atoms with Crippen molar-refractivity contribution in [3.8, 4) is 0 Å². The first kappa shape index (κ1) is 13.4. The molecule has 2 aromatic carbocycles. The highest BCUT2D eigenvalue weighted by Gasteiger charge is 2.18. The third-order valence-corrected chi connectivity index (χ3v) is 4.13. The fraction of sp³-hybridized carbons (Fsp3) is 0.368. The Morgan fingerprint density at radius 3 is 1.90 bits per heavy atom. The Hall–Kier alpha value is -1.60. The van der Waals surface area contributed by atoms with Crippen LogP contribution in [-0.2, 0) is 25.0 Å². The molecule has 0 saturated heterocycles. The van der Waals surface area contributed by atoms with Gasteiger partial charge in [0.15, 0.2) is 0 Å². The van der Waals surface area contributed by atoms with Crippen molar-refractivity contribution in [3.63, 3.8) is 0 Å². The summed E-state index contributed by atoms with van der Waals surface area (Å²) in [5.74, 6) is 0. The zero-order valence-corrected chi connectivity index (χ0v) is 12.7. The molecule has 1 nitrogen and oxygen atoms in total. The van der Waals surface area contributed by atoms with Gasteiger partial charge in [0.05, 0.1) is 0 Å². The molecule has 0 spiro atoms. The maximum Gasteiger partial charge on any atom is 0.0244 e. The number of fused-ring (bicyclic) bond motifs is 1. The normalized spacial score (nSPS) is 15.3. The van der Waals surface area contributed by atoms with Crippen molar-refractivity contribution in [1.29, 1.82) is 0 Å². The van der Waals surface area contributed by atoms with Crippen molar-refractivity contribution in [2.24, 2.45) is 0 Å². The quantitative estimate of drug-likeness (QED) is 0.772. The molecule has 0 radical (unpaired) electrons. The van der Waals surface area contributed by atoms with Gasteiger partial charge in [-0.05, 0) is 27.7 Å². The Morgan fingerprint density at radius 1 is 0.850 bits per heavy atom. The Kier molecular flexibility index (Phi) is 3.39. The predicted octanol–water partition coefficient (Wildman–Crippen LogP) is 4.50. The minimum Gasteiger partial charge on any atom is -0.291 e. The van der Waals surface area contributed by atoms with Crippen LogP contribution < -0.4 is 0 Å². The molecule has 0 aromatic heterocycles. The first-order valence-electron chi connectivity index (χ1n) is 7.41. The summed E-state index contributed by atoms with van der Waals surface area (Å²) in [6.45, 7) is 9.99. The van der Waals surface area contributed by atoms with Crippen LogP contribution in [-0.4, -0.2) is 4.90 Å². The van der Waals surface area contributed by atoms with Crippen molar-refractivity contribution in [2.75, 3.05) is 0 Å². The van der Waals surface area contributed by atoms with E-state index in [-0.39, 0.29) is 5.41 Å². The van der Waals surface area contributed by atoms with Gasteiger partial charge in [-0.3, -0.25) is 4.90 Å². The number of rotatable bonds is 2. The zero-order valence-electron chi connectivity index (χ0n) is 12.7. The molecule has 104 valence electrons. The van der Waals surface area contributed by atoms with E-state index in [9.17, 15) is 0 Å². The van der Waals surface area contributed by atoms with Crippen LogP contribution in [0, 0.1) is 0 Å². The molecule has 0 N–H and O–H groups in total. The summed E-state index contributed by atoms with van der Waals surface area (Å²) in [6.07, 6.45) is 0. The molecule has 2 aromatic rings. The van der Waals surface area contributed by atoms with Crippen LogP contribution in [0.2, 0.25) is 0 Å². The van der Waals surface area contributed by atoms with Crippen molar-refractivity contribution in [3.05, 3.63) is 70.8 Å². The molecule has 3 rings (SSSR count). The third-order valence-electron chi connectivity index (χ3n) is 4.13. The smallest absolute Gasteiger partial charge is 0.0244 e. The van der Waals surface area contributed by atoms with Crippen molar-refractivity contribution < 1.29 is 0 Å². The van der Waals surface area contributed by atoms with Crippen LogP contribution in [0.3, 0.4) is 0 Å². The Morgan fingerprint density at radius 2 is 1.40 bits per heavy atom. The third kappa shape index (κ3) is 2.78. The molecule has 0 bridgehead atoms. The van der Waals surface area contributed by atoms with Gasteiger partial charge in [0, 0.05) is 19.6 Å². The lowest BCUT2D eigenvalue weighted by atomic mass is 9.87. The molecule has 0 atom stereocenters.